The molecule has 0 aliphatic carbocycles. The van der Waals surface area contributed by atoms with E-state index in [2.05, 4.69) is 18.0 Å². The molecule has 0 saturated heterocycles. The molecule has 1 rings (SSSR count). The molecule has 4 heteroatoms. The molecule has 21 heavy (non-hydrogen) atoms. The van der Waals surface area contributed by atoms with Gasteiger partial charge in [0.2, 0.25) is 0 Å². The molecule has 3 nitrogen and oxygen atoms in total. The van der Waals surface area contributed by atoms with Crippen molar-refractivity contribution in [3.63, 3.8) is 0 Å². The molecular formula is C17H28NO2Zn. The van der Waals surface area contributed by atoms with Crippen LogP contribution in [0.2, 0.25) is 0 Å². The van der Waals surface area contributed by atoms with E-state index in [1.54, 1.807) is 0 Å². The molecule has 1 N–H and O–H groups in total. The van der Waals surface area contributed by atoms with Crippen molar-refractivity contribution >= 4 is 4.56 Å². The minimum atomic E-state index is -0.708. The Balaban J connectivity index is 0.000000885. The third-order valence-electron chi connectivity index (χ3n) is 3.29. The number of aromatic nitrogens is 1. The zero-order chi connectivity index (χ0) is 15.8. The summed E-state index contributed by atoms with van der Waals surface area (Å²) in [6.07, 6.45) is 17.7. The van der Waals surface area contributed by atoms with E-state index in [1.165, 1.54) is 69.8 Å². The van der Waals surface area contributed by atoms with E-state index in [4.69, 9.17) is 9.90 Å². The monoisotopic (exact) mass is 342 g/mol. The number of unbranched alkanes of at least 4 members (excludes halogenated alkanes) is 8. The van der Waals surface area contributed by atoms with Crippen LogP contribution >= 0.6 is 0 Å². The summed E-state index contributed by atoms with van der Waals surface area (Å²) in [5.74, 6) is 0. The molecular weight excluding hydrogens is 316 g/mol. The van der Waals surface area contributed by atoms with E-state index in [0.717, 1.165) is 0 Å². The van der Waals surface area contributed by atoms with E-state index < -0.39 is 4.56 Å². The van der Waals surface area contributed by atoms with Crippen LogP contribution < -0.4 is 0 Å². The number of nitrogens with zero attached hydrogens (tertiary/aromatic N) is 1. The Labute approximate surface area is 139 Å². The van der Waals surface area contributed by atoms with Crippen LogP contribution in [0.15, 0.2) is 24.5 Å². The predicted molar refractivity (Wildman–Crippen MR) is 83.2 cm³/mol. The topological polar surface area (TPSA) is 50.2 Å². The van der Waals surface area contributed by atoms with E-state index in [1.807, 2.05) is 18.5 Å². The van der Waals surface area contributed by atoms with Crippen molar-refractivity contribution in [3.05, 3.63) is 30.1 Å². The van der Waals surface area contributed by atoms with Crippen LogP contribution in [0.5, 0.6) is 0 Å². The zero-order valence-corrected chi connectivity index (χ0v) is 16.4. The van der Waals surface area contributed by atoms with E-state index >= 15 is 0 Å². The number of hydrogen-bond acceptors (Lipinski definition) is 2. The Bertz CT molecular complexity index is 340. The maximum atomic E-state index is 9.06. The van der Waals surface area contributed by atoms with Gasteiger partial charge < -0.3 is 0 Å². The van der Waals surface area contributed by atoms with Crippen LogP contribution in [0.4, 0.5) is 4.79 Å². The Morgan fingerprint density at radius 3 is 2.10 bits per heavy atom. The first kappa shape index (κ1) is 20.2. The fourth-order valence-electron chi connectivity index (χ4n) is 2.19. The zero-order valence-electron chi connectivity index (χ0n) is 13.4. The quantitative estimate of drug-likeness (QED) is 0.459. The van der Waals surface area contributed by atoms with Gasteiger partial charge in [-0.15, -0.1) is 0 Å². The third-order valence-corrected chi connectivity index (χ3v) is 3.29. The summed E-state index contributed by atoms with van der Waals surface area (Å²) in [5.41, 5.74) is 1.38. The van der Waals surface area contributed by atoms with Gasteiger partial charge >= 0.3 is 32.8 Å². The van der Waals surface area contributed by atoms with Crippen molar-refractivity contribution in [3.8, 4) is 0 Å². The van der Waals surface area contributed by atoms with Gasteiger partial charge in [0.1, 0.15) is 0 Å². The number of carbonyl (C=O) groups is 1. The fourth-order valence-corrected chi connectivity index (χ4v) is 2.19. The van der Waals surface area contributed by atoms with Gasteiger partial charge in [-0.05, 0) is 24.5 Å². The second-order valence-electron chi connectivity index (χ2n) is 5.33. The summed E-state index contributed by atoms with van der Waals surface area (Å²) in [6, 6.07) is 4.21. The van der Waals surface area contributed by atoms with Crippen LogP contribution in [-0.2, 0) is 24.7 Å². The number of carboxylic acid groups (broad SMARTS) is 1. The summed E-state index contributed by atoms with van der Waals surface area (Å²) >= 11 is 0.347. The van der Waals surface area contributed by atoms with Gasteiger partial charge in [-0.1, -0.05) is 64.4 Å². The molecule has 0 fully saturated rings. The molecule has 0 saturated carbocycles. The molecule has 115 valence electrons. The summed E-state index contributed by atoms with van der Waals surface area (Å²) in [7, 11) is 0. The van der Waals surface area contributed by atoms with Crippen LogP contribution in [0, 0.1) is 0 Å². The average molecular weight is 344 g/mol. The fraction of sp³-hybridized carbons (Fsp3) is 0.647. The first-order valence-electron chi connectivity index (χ1n) is 8.10. The summed E-state index contributed by atoms with van der Waals surface area (Å²) in [4.78, 5) is 13.2. The SMILES string of the molecule is CCCCCCCCCCCc1cccnc1.O=[C](O)[Zn]. The molecule has 0 bridgehead atoms. The summed E-state index contributed by atoms with van der Waals surface area (Å²) in [5, 5.41) is 7.47. The van der Waals surface area contributed by atoms with E-state index in [0.29, 0.717) is 18.3 Å². The second-order valence-corrected chi connectivity index (χ2v) is 6.60. The Morgan fingerprint density at radius 1 is 1.10 bits per heavy atom. The summed E-state index contributed by atoms with van der Waals surface area (Å²) < 4.78 is -0.708. The van der Waals surface area contributed by atoms with Gasteiger partial charge in [0.25, 0.3) is 0 Å². The van der Waals surface area contributed by atoms with Crippen molar-refractivity contribution in [2.24, 2.45) is 0 Å². The van der Waals surface area contributed by atoms with Crippen molar-refractivity contribution in [2.75, 3.05) is 0 Å². The average Bonchev–Trinajstić information content (AvgIpc) is 2.46. The number of rotatable bonds is 10. The third kappa shape index (κ3) is 17.2. The predicted octanol–water partition coefficient (Wildman–Crippen LogP) is 5.37. The minimum absolute atomic E-state index is 0.347. The Hall–Kier alpha value is -0.757. The molecule has 0 aromatic carbocycles. The van der Waals surface area contributed by atoms with Gasteiger partial charge in [-0.3, -0.25) is 4.98 Å². The van der Waals surface area contributed by atoms with E-state index in [9.17, 15) is 0 Å². The number of aryl methyl sites for hydroxylation is 1. The molecule has 1 aromatic heterocycles. The molecule has 0 aliphatic rings. The van der Waals surface area contributed by atoms with Gasteiger partial charge in [0, 0.05) is 12.4 Å². The first-order chi connectivity index (χ1) is 10.2. The van der Waals surface area contributed by atoms with Crippen LogP contribution in [0.25, 0.3) is 0 Å². The normalized spacial score (nSPS) is 9.86. The standard InChI is InChI=1S/C16H27N.CHO2.Zn/c1-2-3-4-5-6-7-8-9-10-12-16-13-11-14-17-15-16;2-1-3;/h11,13-15H,2-10,12H2,1H3;(H,2,3);. The molecule has 0 unspecified atom stereocenters. The van der Waals surface area contributed by atoms with Gasteiger partial charge in [-0.25, -0.2) is 0 Å². The van der Waals surface area contributed by atoms with Gasteiger partial charge in [0.15, 0.2) is 0 Å². The van der Waals surface area contributed by atoms with Crippen molar-refractivity contribution < 1.29 is 28.2 Å². The van der Waals surface area contributed by atoms with Crippen molar-refractivity contribution in [2.45, 2.75) is 71.1 Å². The first-order valence-corrected chi connectivity index (χ1v) is 9.59. The second kappa shape index (κ2) is 15.6. The molecule has 0 spiro atoms. The molecule has 0 aliphatic heterocycles. The van der Waals surface area contributed by atoms with Crippen LogP contribution in [0.3, 0.4) is 0 Å². The number of pyridine rings is 1. The summed E-state index contributed by atoms with van der Waals surface area (Å²) in [6.45, 7) is 2.28. The van der Waals surface area contributed by atoms with Crippen molar-refractivity contribution in [1.82, 2.24) is 4.98 Å². The van der Waals surface area contributed by atoms with Gasteiger partial charge in [-0.2, -0.15) is 0 Å². The Morgan fingerprint density at radius 2 is 1.62 bits per heavy atom. The van der Waals surface area contributed by atoms with Crippen LogP contribution in [0.1, 0.15) is 70.3 Å². The number of hydrogen-bond donors (Lipinski definition) is 1. The Kier molecular flexibility index (Phi) is 15.1. The molecule has 0 atom stereocenters. The molecule has 1 heterocycles. The van der Waals surface area contributed by atoms with E-state index in [-0.39, 0.29) is 0 Å². The molecule has 1 aromatic rings. The molecule has 0 radical (unpaired) electrons. The maximum absolute atomic E-state index is 9.06. The van der Waals surface area contributed by atoms with Crippen LogP contribution in [-0.4, -0.2) is 14.7 Å². The van der Waals surface area contributed by atoms with Crippen molar-refractivity contribution in [1.29, 1.82) is 0 Å². The molecule has 0 amide bonds. The van der Waals surface area contributed by atoms with Gasteiger partial charge in [0.05, 0.1) is 0 Å².